The zero-order valence-corrected chi connectivity index (χ0v) is 28.9. The van der Waals surface area contributed by atoms with Gasteiger partial charge in [-0.2, -0.15) is 0 Å². The number of rotatable bonds is 16. The van der Waals surface area contributed by atoms with Crippen LogP contribution in [0.15, 0.2) is 121 Å². The summed E-state index contributed by atoms with van der Waals surface area (Å²) in [5.74, 6) is 5.03. The van der Waals surface area contributed by atoms with Crippen LogP contribution in [0, 0.1) is 0 Å². The lowest BCUT2D eigenvalue weighted by atomic mass is 9.98. The maximum absolute atomic E-state index is 7.13. The molecule has 0 spiro atoms. The molecule has 0 aliphatic heterocycles. The summed E-state index contributed by atoms with van der Waals surface area (Å²) in [4.78, 5) is 0. The number of hydrogen-bond donors (Lipinski definition) is 0. The van der Waals surface area contributed by atoms with Crippen LogP contribution in [0.3, 0.4) is 0 Å². The van der Waals surface area contributed by atoms with Crippen molar-refractivity contribution in [1.29, 1.82) is 0 Å². The highest BCUT2D eigenvalue weighted by molar-refractivity contribution is 7.72. The smallest absolute Gasteiger partial charge is 0.374 e. The first-order valence-corrected chi connectivity index (χ1v) is 20.2. The van der Waals surface area contributed by atoms with Gasteiger partial charge in [0.25, 0.3) is 0 Å². The van der Waals surface area contributed by atoms with E-state index in [4.69, 9.17) is 13.3 Å². The van der Waals surface area contributed by atoms with Crippen molar-refractivity contribution in [3.8, 4) is 0 Å². The predicted octanol–water partition coefficient (Wildman–Crippen LogP) is 7.83. The highest BCUT2D eigenvalue weighted by Gasteiger charge is 2.45. The Morgan fingerprint density at radius 3 is 1.30 bits per heavy atom. The van der Waals surface area contributed by atoms with Crippen LogP contribution in [0.25, 0.3) is 0 Å². The van der Waals surface area contributed by atoms with Crippen LogP contribution < -0.4 is 21.2 Å². The molecule has 1 unspecified atom stereocenters. The van der Waals surface area contributed by atoms with Crippen molar-refractivity contribution < 1.29 is 13.3 Å². The molecule has 4 aromatic rings. The number of benzene rings is 4. The van der Waals surface area contributed by atoms with Crippen LogP contribution in [-0.2, 0) is 13.3 Å². The second kappa shape index (κ2) is 17.0. The van der Waals surface area contributed by atoms with Gasteiger partial charge in [-0.15, -0.1) is 0 Å². The van der Waals surface area contributed by atoms with Gasteiger partial charge in [0.1, 0.15) is 0 Å². The number of hydrogen-bond acceptors (Lipinski definition) is 3. The molecule has 0 heterocycles. The quantitative estimate of drug-likeness (QED) is 0.0935. The third kappa shape index (κ3) is 9.65. The Balaban J connectivity index is 1.71. The largest absolute Gasteiger partial charge is 0.501 e. The van der Waals surface area contributed by atoms with Crippen LogP contribution in [0.4, 0.5) is 0 Å². The summed E-state index contributed by atoms with van der Waals surface area (Å²) in [7, 11) is -4.10. The summed E-state index contributed by atoms with van der Waals surface area (Å²) >= 11 is 0. The average molecular weight is 629 g/mol. The minimum absolute atomic E-state index is 0.443. The van der Waals surface area contributed by atoms with Gasteiger partial charge in [0, 0.05) is 32.1 Å². The first-order valence-electron chi connectivity index (χ1n) is 15.4. The molecule has 224 valence electrons. The van der Waals surface area contributed by atoms with Crippen LogP contribution in [0.2, 0.25) is 6.04 Å². The lowest BCUT2D eigenvalue weighted by Gasteiger charge is -2.38. The molecule has 0 N–H and O–H groups in total. The normalized spacial score (nSPS) is 12.7. The molecule has 0 radical (unpaired) electrons. The fourth-order valence-electron chi connectivity index (χ4n) is 5.24. The van der Waals surface area contributed by atoms with Gasteiger partial charge in [-0.3, -0.25) is 0 Å². The third-order valence-corrected chi connectivity index (χ3v) is 15.1. The fraction of sp³-hybridized carbons (Fsp3) is 0.297. The first kappa shape index (κ1) is 33.2. The SMILES string of the molecule is CCO[Si](CC)(OCC)OC(C)(CC=[P+](c1ccccc1)c1ccccc1)CCC=[P+](c1ccccc1)c1ccccc1. The topological polar surface area (TPSA) is 27.7 Å². The van der Waals surface area contributed by atoms with Gasteiger partial charge < -0.3 is 13.3 Å². The Hall–Kier alpha value is -2.68. The molecular formula is C37H46O3P2Si+2. The second-order valence-electron chi connectivity index (χ2n) is 10.6. The summed E-state index contributed by atoms with van der Waals surface area (Å²) in [6.07, 6.45) is 2.62. The minimum atomic E-state index is -2.86. The summed E-state index contributed by atoms with van der Waals surface area (Å²) in [6.45, 7) is 9.64. The standard InChI is InChI=1S/C37H46O3P2Si/c1-5-38-43(7-3,39-6-2)40-37(4,30-32-42(35-25-16-10-17-26-35)36-27-18-11-19-28-36)29-20-31-41(33-21-12-8-13-22-33)34-23-14-9-15-24-34/h8-19,21-28,31-32H,5-7,20,29-30H2,1-4H3/q+2. The maximum Gasteiger partial charge on any atom is 0.501 e. The van der Waals surface area contributed by atoms with E-state index in [9.17, 15) is 0 Å². The highest BCUT2D eigenvalue weighted by Crippen LogP contribution is 2.33. The van der Waals surface area contributed by atoms with E-state index in [0.717, 1.165) is 25.3 Å². The van der Waals surface area contributed by atoms with E-state index in [2.05, 4.69) is 147 Å². The van der Waals surface area contributed by atoms with E-state index in [0.29, 0.717) is 13.2 Å². The zero-order valence-electron chi connectivity index (χ0n) is 26.1. The van der Waals surface area contributed by atoms with Crippen molar-refractivity contribution in [2.24, 2.45) is 0 Å². The Morgan fingerprint density at radius 2 is 0.953 bits per heavy atom. The van der Waals surface area contributed by atoms with Gasteiger partial charge in [0.05, 0.1) is 17.2 Å². The van der Waals surface area contributed by atoms with Gasteiger partial charge in [-0.25, -0.2) is 0 Å². The van der Waals surface area contributed by atoms with Crippen molar-refractivity contribution >= 4 is 56.7 Å². The molecule has 4 rings (SSSR count). The molecule has 1 atom stereocenters. The third-order valence-electron chi connectivity index (χ3n) is 7.39. The first-order chi connectivity index (χ1) is 21.0. The summed E-state index contributed by atoms with van der Waals surface area (Å²) < 4.78 is 19.8. The van der Waals surface area contributed by atoms with Gasteiger partial charge >= 0.3 is 8.80 Å². The van der Waals surface area contributed by atoms with Crippen molar-refractivity contribution in [1.82, 2.24) is 0 Å². The van der Waals surface area contributed by atoms with Gasteiger partial charge in [0.2, 0.25) is 0 Å². The summed E-state index contributed by atoms with van der Waals surface area (Å²) in [5, 5.41) is 5.44. The summed E-state index contributed by atoms with van der Waals surface area (Å²) in [6, 6.07) is 44.3. The predicted molar refractivity (Wildman–Crippen MR) is 193 cm³/mol. The molecular weight excluding hydrogens is 582 g/mol. The van der Waals surface area contributed by atoms with Crippen molar-refractivity contribution in [3.05, 3.63) is 121 Å². The van der Waals surface area contributed by atoms with Crippen LogP contribution >= 0.6 is 15.1 Å². The van der Waals surface area contributed by atoms with E-state index >= 15 is 0 Å². The zero-order chi connectivity index (χ0) is 30.4. The molecule has 43 heavy (non-hydrogen) atoms. The lowest BCUT2D eigenvalue weighted by molar-refractivity contribution is -0.0182. The molecule has 4 aromatic carbocycles. The molecule has 3 nitrogen and oxygen atoms in total. The van der Waals surface area contributed by atoms with Crippen LogP contribution in [0.5, 0.6) is 0 Å². The minimum Gasteiger partial charge on any atom is -0.374 e. The summed E-state index contributed by atoms with van der Waals surface area (Å²) in [5.41, 5.74) is -0.443. The Kier molecular flexibility index (Phi) is 13.1. The van der Waals surface area contributed by atoms with Crippen molar-refractivity contribution in [3.63, 3.8) is 0 Å². The molecule has 0 aliphatic carbocycles. The molecule has 0 aromatic heterocycles. The van der Waals surface area contributed by atoms with Gasteiger partial charge in [0.15, 0.2) is 36.3 Å². The van der Waals surface area contributed by atoms with Crippen LogP contribution in [0.1, 0.15) is 47.0 Å². The van der Waals surface area contributed by atoms with Crippen LogP contribution in [-0.4, -0.2) is 39.2 Å². The molecule has 0 amide bonds. The highest BCUT2D eigenvalue weighted by atomic mass is 31.1. The second-order valence-corrected chi connectivity index (χ2v) is 17.8. The molecule has 0 fully saturated rings. The van der Waals surface area contributed by atoms with Crippen molar-refractivity contribution in [2.45, 2.75) is 58.6 Å². The molecule has 0 saturated carbocycles. The van der Waals surface area contributed by atoms with E-state index in [1.54, 1.807) is 0 Å². The average Bonchev–Trinajstić information content (AvgIpc) is 3.05. The molecule has 6 heteroatoms. The lowest BCUT2D eigenvalue weighted by Crippen LogP contribution is -2.52. The molecule has 0 bridgehead atoms. The van der Waals surface area contributed by atoms with E-state index < -0.39 is 29.5 Å². The van der Waals surface area contributed by atoms with E-state index in [1.165, 1.54) is 21.2 Å². The van der Waals surface area contributed by atoms with Crippen molar-refractivity contribution in [2.75, 3.05) is 13.2 Å². The fourth-order valence-corrected chi connectivity index (χ4v) is 12.2. The van der Waals surface area contributed by atoms with E-state index in [-0.39, 0.29) is 0 Å². The maximum atomic E-state index is 7.13. The Labute approximate surface area is 262 Å². The van der Waals surface area contributed by atoms with E-state index in [1.807, 2.05) is 13.8 Å². The van der Waals surface area contributed by atoms with Gasteiger partial charge in [-0.1, -0.05) is 79.7 Å². The molecule has 0 saturated heterocycles. The molecule has 0 aliphatic rings. The Morgan fingerprint density at radius 1 is 0.581 bits per heavy atom. The Bertz CT molecular complexity index is 1340. The van der Waals surface area contributed by atoms with Gasteiger partial charge in [-0.05, 0) is 75.7 Å². The monoisotopic (exact) mass is 628 g/mol.